The smallest absolute Gasteiger partial charge is 0.295 e. The first-order chi connectivity index (χ1) is 14.2. The van der Waals surface area contributed by atoms with E-state index >= 15 is 0 Å². The van der Waals surface area contributed by atoms with Crippen molar-refractivity contribution in [1.82, 2.24) is 4.31 Å². The minimum absolute atomic E-state index is 0.0260. The number of hydrogen-bond donors (Lipinski definition) is 2. The highest BCUT2D eigenvalue weighted by Crippen LogP contribution is 2.25. The Kier molecular flexibility index (Phi) is 9.40. The monoisotopic (exact) mass is 471 g/mol. The number of rotatable bonds is 6. The third-order valence-electron chi connectivity index (χ3n) is 4.77. The second-order valence-corrected chi connectivity index (χ2v) is 10.9. The molecule has 2 rings (SSSR count). The van der Waals surface area contributed by atoms with E-state index in [4.69, 9.17) is 9.66 Å². The van der Waals surface area contributed by atoms with Crippen LogP contribution in [0.2, 0.25) is 0 Å². The molecule has 0 saturated carbocycles. The van der Waals surface area contributed by atoms with Crippen molar-refractivity contribution in [1.29, 1.82) is 0 Å². The average molecular weight is 472 g/mol. The molecule has 0 bridgehead atoms. The maximum Gasteiger partial charge on any atom is 0.295 e. The highest BCUT2D eigenvalue weighted by atomic mass is 32.2. The van der Waals surface area contributed by atoms with Crippen molar-refractivity contribution in [2.75, 3.05) is 19.7 Å². The minimum atomic E-state index is -4.08. The Morgan fingerprint density at radius 1 is 0.742 bits per heavy atom. The largest absolute Gasteiger partial charge is 0.395 e. The Balaban J connectivity index is 0.000000327. The summed E-state index contributed by atoms with van der Waals surface area (Å²) < 4.78 is 57.1. The molecular formula is C22H33NO6S2. The molecule has 0 atom stereocenters. The van der Waals surface area contributed by atoms with E-state index in [0.717, 1.165) is 22.3 Å². The van der Waals surface area contributed by atoms with Crippen LogP contribution in [0.5, 0.6) is 0 Å². The standard InChI is InChI=1S/C13H21NO3S.C9H12O3S/c1-5-14(6-7-15)18(16,17)13-11(3)8-10(2)9-12(13)4;1-6-4-7(2)9(8(3)5-6)13(10,11)12/h8-9,15H,5-7H2,1-4H3;4-5H,1-3H3,(H,10,11,12). The summed E-state index contributed by atoms with van der Waals surface area (Å²) in [5, 5.41) is 8.95. The first kappa shape index (κ1) is 27.3. The van der Waals surface area contributed by atoms with Crippen LogP contribution in [-0.2, 0) is 20.1 Å². The first-order valence-corrected chi connectivity index (χ1v) is 12.8. The quantitative estimate of drug-likeness (QED) is 0.624. The predicted molar refractivity (Wildman–Crippen MR) is 123 cm³/mol. The molecule has 0 unspecified atom stereocenters. The van der Waals surface area contributed by atoms with E-state index in [0.29, 0.717) is 22.6 Å². The number of aliphatic hydroxyl groups is 1. The number of benzene rings is 2. The fourth-order valence-electron chi connectivity index (χ4n) is 3.84. The molecule has 31 heavy (non-hydrogen) atoms. The molecule has 2 aromatic carbocycles. The molecule has 0 aliphatic heterocycles. The third kappa shape index (κ3) is 6.85. The molecular weight excluding hydrogens is 438 g/mol. The van der Waals surface area contributed by atoms with Crippen molar-refractivity contribution in [3.8, 4) is 0 Å². The SMILES string of the molecule is CCN(CCO)S(=O)(=O)c1c(C)cc(C)cc1C.Cc1cc(C)c(S(=O)(=O)O)c(C)c1. The van der Waals surface area contributed by atoms with Gasteiger partial charge in [0.15, 0.2) is 0 Å². The maximum atomic E-state index is 12.5. The zero-order valence-electron chi connectivity index (χ0n) is 19.2. The lowest BCUT2D eigenvalue weighted by atomic mass is 10.1. The molecule has 0 amide bonds. The summed E-state index contributed by atoms with van der Waals surface area (Å²) in [4.78, 5) is 0.390. The lowest BCUT2D eigenvalue weighted by Gasteiger charge is -2.22. The van der Waals surface area contributed by atoms with Gasteiger partial charge in [0, 0.05) is 13.1 Å². The normalized spacial score (nSPS) is 11.9. The van der Waals surface area contributed by atoms with Crippen LogP contribution in [0.15, 0.2) is 34.1 Å². The second-order valence-electron chi connectivity index (χ2n) is 7.65. The van der Waals surface area contributed by atoms with Crippen molar-refractivity contribution in [3.63, 3.8) is 0 Å². The van der Waals surface area contributed by atoms with Crippen LogP contribution in [0.4, 0.5) is 0 Å². The summed E-state index contributed by atoms with van der Waals surface area (Å²) in [5.74, 6) is 0. The minimum Gasteiger partial charge on any atom is -0.395 e. The molecule has 2 aromatic rings. The molecule has 9 heteroatoms. The summed E-state index contributed by atoms with van der Waals surface area (Å²) >= 11 is 0. The molecule has 0 saturated heterocycles. The van der Waals surface area contributed by atoms with Crippen LogP contribution in [0.3, 0.4) is 0 Å². The van der Waals surface area contributed by atoms with Crippen LogP contribution in [0.1, 0.15) is 40.3 Å². The number of likely N-dealkylation sites (N-methyl/N-ethyl adjacent to an activating group) is 1. The highest BCUT2D eigenvalue weighted by molar-refractivity contribution is 7.89. The molecule has 2 N–H and O–H groups in total. The Labute approximate surface area is 186 Å². The van der Waals surface area contributed by atoms with Crippen molar-refractivity contribution in [3.05, 3.63) is 57.6 Å². The Hall–Kier alpha value is -1.78. The van der Waals surface area contributed by atoms with Crippen LogP contribution >= 0.6 is 0 Å². The van der Waals surface area contributed by atoms with Crippen molar-refractivity contribution >= 4 is 20.1 Å². The molecule has 174 valence electrons. The highest BCUT2D eigenvalue weighted by Gasteiger charge is 2.26. The maximum absolute atomic E-state index is 12.5. The number of aryl methyl sites for hydroxylation is 6. The summed E-state index contributed by atoms with van der Waals surface area (Å²) in [5.41, 5.74) is 4.71. The van der Waals surface area contributed by atoms with Crippen LogP contribution in [-0.4, -0.2) is 50.5 Å². The van der Waals surface area contributed by atoms with Gasteiger partial charge in [0.2, 0.25) is 10.0 Å². The van der Waals surface area contributed by atoms with Gasteiger partial charge in [-0.1, -0.05) is 42.3 Å². The number of hydrogen-bond acceptors (Lipinski definition) is 5. The average Bonchev–Trinajstić information content (AvgIpc) is 2.56. The van der Waals surface area contributed by atoms with Gasteiger partial charge in [-0.2, -0.15) is 12.7 Å². The second kappa shape index (κ2) is 10.7. The molecule has 7 nitrogen and oxygen atoms in total. The van der Waals surface area contributed by atoms with E-state index in [-0.39, 0.29) is 18.0 Å². The zero-order valence-corrected chi connectivity index (χ0v) is 20.9. The van der Waals surface area contributed by atoms with Gasteiger partial charge < -0.3 is 5.11 Å². The van der Waals surface area contributed by atoms with Crippen molar-refractivity contribution in [2.24, 2.45) is 0 Å². The van der Waals surface area contributed by atoms with E-state index in [1.165, 1.54) is 4.31 Å². The van der Waals surface area contributed by atoms with Crippen LogP contribution in [0, 0.1) is 41.5 Å². The van der Waals surface area contributed by atoms with E-state index in [1.54, 1.807) is 46.8 Å². The molecule has 0 spiro atoms. The van der Waals surface area contributed by atoms with Crippen LogP contribution < -0.4 is 0 Å². The van der Waals surface area contributed by atoms with Gasteiger partial charge in [-0.3, -0.25) is 4.55 Å². The van der Waals surface area contributed by atoms with E-state index in [2.05, 4.69) is 0 Å². The molecule has 0 fully saturated rings. The van der Waals surface area contributed by atoms with Crippen molar-refractivity contribution < 1.29 is 26.5 Å². The van der Waals surface area contributed by atoms with Gasteiger partial charge >= 0.3 is 0 Å². The van der Waals surface area contributed by atoms with Gasteiger partial charge in [-0.25, -0.2) is 8.42 Å². The van der Waals surface area contributed by atoms with Gasteiger partial charge in [-0.15, -0.1) is 0 Å². The number of aliphatic hydroxyl groups excluding tert-OH is 1. The lowest BCUT2D eigenvalue weighted by Crippen LogP contribution is -2.34. The van der Waals surface area contributed by atoms with Gasteiger partial charge in [0.25, 0.3) is 10.1 Å². The first-order valence-electron chi connectivity index (χ1n) is 9.91. The Morgan fingerprint density at radius 2 is 1.10 bits per heavy atom. The van der Waals surface area contributed by atoms with Crippen LogP contribution in [0.25, 0.3) is 0 Å². The molecule has 0 radical (unpaired) electrons. The third-order valence-corrected chi connectivity index (χ3v) is 8.21. The summed E-state index contributed by atoms with van der Waals surface area (Å²) in [7, 11) is -7.60. The molecule has 0 heterocycles. The van der Waals surface area contributed by atoms with Gasteiger partial charge in [0.05, 0.1) is 16.4 Å². The predicted octanol–water partition coefficient (Wildman–Crippen LogP) is 3.47. The fourth-order valence-corrected chi connectivity index (χ4v) is 6.62. The fraction of sp³-hybridized carbons (Fsp3) is 0.455. The lowest BCUT2D eigenvalue weighted by molar-refractivity contribution is 0.257. The zero-order chi connectivity index (χ0) is 24.1. The summed E-state index contributed by atoms with van der Waals surface area (Å²) in [6.45, 7) is 12.9. The van der Waals surface area contributed by atoms with Crippen molar-refractivity contribution in [2.45, 2.75) is 58.3 Å². The summed E-state index contributed by atoms with van der Waals surface area (Å²) in [6, 6.07) is 7.20. The molecule has 0 aliphatic rings. The summed E-state index contributed by atoms with van der Waals surface area (Å²) in [6.07, 6.45) is 0. The topological polar surface area (TPSA) is 112 Å². The van der Waals surface area contributed by atoms with Gasteiger partial charge in [0.1, 0.15) is 0 Å². The Bertz CT molecular complexity index is 1090. The number of nitrogens with zero attached hydrogens (tertiary/aromatic N) is 1. The van der Waals surface area contributed by atoms with E-state index in [9.17, 15) is 16.8 Å². The number of sulfonamides is 1. The molecule has 0 aliphatic carbocycles. The van der Waals surface area contributed by atoms with E-state index in [1.807, 2.05) is 26.0 Å². The van der Waals surface area contributed by atoms with E-state index < -0.39 is 20.1 Å². The molecule has 0 aromatic heterocycles. The van der Waals surface area contributed by atoms with Gasteiger partial charge in [-0.05, 0) is 63.8 Å². The Morgan fingerprint density at radius 3 is 1.39 bits per heavy atom.